The Bertz CT molecular complexity index is 577. The maximum atomic E-state index is 12.2. The van der Waals surface area contributed by atoms with Crippen molar-refractivity contribution in [3.8, 4) is 0 Å². The molecule has 0 spiro atoms. The SMILES string of the molecule is O=C(Nc1ncccn1)C1CCN(CCn2cccn2)CC1. The third kappa shape index (κ3) is 3.88. The number of anilines is 1. The number of likely N-dealkylation sites (tertiary alicyclic amines) is 1. The Morgan fingerprint density at radius 1 is 1.14 bits per heavy atom. The van der Waals surface area contributed by atoms with Crippen LogP contribution < -0.4 is 5.32 Å². The fourth-order valence-electron chi connectivity index (χ4n) is 2.67. The molecule has 22 heavy (non-hydrogen) atoms. The maximum Gasteiger partial charge on any atom is 0.229 e. The van der Waals surface area contributed by atoms with E-state index in [2.05, 4.69) is 25.3 Å². The number of carbonyl (C=O) groups is 1. The van der Waals surface area contributed by atoms with E-state index < -0.39 is 0 Å². The van der Waals surface area contributed by atoms with Gasteiger partial charge in [-0.15, -0.1) is 0 Å². The van der Waals surface area contributed by atoms with E-state index in [4.69, 9.17) is 0 Å². The second-order valence-corrected chi connectivity index (χ2v) is 5.45. The molecule has 3 rings (SSSR count). The van der Waals surface area contributed by atoms with Gasteiger partial charge >= 0.3 is 0 Å². The van der Waals surface area contributed by atoms with E-state index in [9.17, 15) is 4.79 Å². The van der Waals surface area contributed by atoms with Crippen molar-refractivity contribution in [1.29, 1.82) is 0 Å². The van der Waals surface area contributed by atoms with E-state index in [1.807, 2.05) is 16.9 Å². The fraction of sp³-hybridized carbons (Fsp3) is 0.467. The van der Waals surface area contributed by atoms with Crippen LogP contribution in [-0.4, -0.2) is 50.2 Å². The van der Waals surface area contributed by atoms with E-state index >= 15 is 0 Å². The summed E-state index contributed by atoms with van der Waals surface area (Å²) < 4.78 is 1.94. The number of rotatable bonds is 5. The summed E-state index contributed by atoms with van der Waals surface area (Å²) in [5.41, 5.74) is 0. The molecule has 1 saturated heterocycles. The van der Waals surface area contributed by atoms with Crippen LogP contribution in [0.15, 0.2) is 36.9 Å². The van der Waals surface area contributed by atoms with Gasteiger partial charge in [0.25, 0.3) is 0 Å². The largest absolute Gasteiger partial charge is 0.301 e. The van der Waals surface area contributed by atoms with Crippen LogP contribution in [0.4, 0.5) is 5.95 Å². The summed E-state index contributed by atoms with van der Waals surface area (Å²) in [6.07, 6.45) is 8.76. The Labute approximate surface area is 129 Å². The number of nitrogens with zero attached hydrogens (tertiary/aromatic N) is 5. The van der Waals surface area contributed by atoms with Gasteiger partial charge in [0.1, 0.15) is 0 Å². The molecule has 0 aromatic carbocycles. The first kappa shape index (κ1) is 14.6. The first-order chi connectivity index (χ1) is 10.8. The molecular weight excluding hydrogens is 280 g/mol. The minimum Gasteiger partial charge on any atom is -0.301 e. The number of nitrogens with one attached hydrogen (secondary N) is 1. The van der Waals surface area contributed by atoms with Crippen LogP contribution in [0.1, 0.15) is 12.8 Å². The van der Waals surface area contributed by atoms with Crippen LogP contribution in [0, 0.1) is 5.92 Å². The number of hydrogen-bond donors (Lipinski definition) is 1. The van der Waals surface area contributed by atoms with E-state index in [1.54, 1.807) is 24.7 Å². The highest BCUT2D eigenvalue weighted by atomic mass is 16.2. The van der Waals surface area contributed by atoms with Gasteiger partial charge in [0.05, 0.1) is 6.54 Å². The smallest absolute Gasteiger partial charge is 0.229 e. The highest BCUT2D eigenvalue weighted by Gasteiger charge is 2.25. The van der Waals surface area contributed by atoms with Gasteiger partial charge in [0, 0.05) is 37.3 Å². The van der Waals surface area contributed by atoms with Crippen LogP contribution in [0.25, 0.3) is 0 Å². The molecule has 1 N–H and O–H groups in total. The van der Waals surface area contributed by atoms with Gasteiger partial charge in [-0.3, -0.25) is 14.8 Å². The van der Waals surface area contributed by atoms with Crippen LogP contribution in [0.5, 0.6) is 0 Å². The topological polar surface area (TPSA) is 75.9 Å². The van der Waals surface area contributed by atoms with Crippen LogP contribution in [0.2, 0.25) is 0 Å². The molecule has 0 unspecified atom stereocenters. The summed E-state index contributed by atoms with van der Waals surface area (Å²) >= 11 is 0. The highest BCUT2D eigenvalue weighted by Crippen LogP contribution is 2.18. The monoisotopic (exact) mass is 300 g/mol. The van der Waals surface area contributed by atoms with Gasteiger partial charge in [-0.25, -0.2) is 9.97 Å². The van der Waals surface area contributed by atoms with Crippen molar-refractivity contribution in [2.75, 3.05) is 25.0 Å². The molecule has 0 saturated carbocycles. The van der Waals surface area contributed by atoms with Gasteiger partial charge < -0.3 is 4.90 Å². The molecule has 0 bridgehead atoms. The van der Waals surface area contributed by atoms with E-state index in [1.165, 1.54) is 0 Å². The number of carbonyl (C=O) groups excluding carboxylic acids is 1. The van der Waals surface area contributed by atoms with Crippen LogP contribution >= 0.6 is 0 Å². The van der Waals surface area contributed by atoms with Gasteiger partial charge in [-0.1, -0.05) is 0 Å². The van der Waals surface area contributed by atoms with Gasteiger partial charge in [0.2, 0.25) is 11.9 Å². The molecule has 1 aliphatic heterocycles. The molecule has 2 aromatic heterocycles. The number of hydrogen-bond acceptors (Lipinski definition) is 5. The predicted octanol–water partition coefficient (Wildman–Crippen LogP) is 1.02. The molecular formula is C15H20N6O. The Kier molecular flexibility index (Phi) is 4.75. The van der Waals surface area contributed by atoms with Gasteiger partial charge in [-0.05, 0) is 38.1 Å². The lowest BCUT2D eigenvalue weighted by Crippen LogP contribution is -2.39. The summed E-state index contributed by atoms with van der Waals surface area (Å²) in [5, 5.41) is 6.99. The number of piperidine rings is 1. The van der Waals surface area contributed by atoms with Crippen molar-refractivity contribution < 1.29 is 4.79 Å². The lowest BCUT2D eigenvalue weighted by Gasteiger charge is -2.30. The van der Waals surface area contributed by atoms with E-state index in [0.29, 0.717) is 5.95 Å². The molecule has 2 aromatic rings. The zero-order valence-electron chi connectivity index (χ0n) is 12.4. The Morgan fingerprint density at radius 3 is 2.59 bits per heavy atom. The number of amides is 1. The fourth-order valence-corrected chi connectivity index (χ4v) is 2.67. The first-order valence-electron chi connectivity index (χ1n) is 7.59. The standard InChI is InChI=1S/C15H20N6O/c22-14(19-15-16-5-1-6-17-15)13-3-9-20(10-4-13)11-12-21-8-2-7-18-21/h1-2,5-8,13H,3-4,9-12H2,(H,16,17,19,22). The Hall–Kier alpha value is -2.28. The molecule has 0 aliphatic carbocycles. The molecule has 7 nitrogen and oxygen atoms in total. The van der Waals surface area contributed by atoms with Crippen LogP contribution in [-0.2, 0) is 11.3 Å². The molecule has 116 valence electrons. The summed E-state index contributed by atoms with van der Waals surface area (Å²) in [6, 6.07) is 3.66. The van der Waals surface area contributed by atoms with Crippen molar-refractivity contribution in [3.05, 3.63) is 36.9 Å². The van der Waals surface area contributed by atoms with E-state index in [0.717, 1.165) is 39.0 Å². The minimum atomic E-state index is 0.0259. The quantitative estimate of drug-likeness (QED) is 0.892. The van der Waals surface area contributed by atoms with Crippen molar-refractivity contribution in [3.63, 3.8) is 0 Å². The molecule has 0 atom stereocenters. The summed E-state index contributed by atoms with van der Waals surface area (Å²) in [6.45, 7) is 3.74. The summed E-state index contributed by atoms with van der Waals surface area (Å²) in [4.78, 5) is 22.6. The van der Waals surface area contributed by atoms with Gasteiger partial charge in [0.15, 0.2) is 0 Å². The summed E-state index contributed by atoms with van der Waals surface area (Å²) in [7, 11) is 0. The molecule has 7 heteroatoms. The highest BCUT2D eigenvalue weighted by molar-refractivity contribution is 5.90. The first-order valence-corrected chi connectivity index (χ1v) is 7.59. The second kappa shape index (κ2) is 7.13. The predicted molar refractivity (Wildman–Crippen MR) is 82.1 cm³/mol. The molecule has 1 aliphatic rings. The third-order valence-corrected chi connectivity index (χ3v) is 3.96. The lowest BCUT2D eigenvalue weighted by atomic mass is 9.96. The van der Waals surface area contributed by atoms with Crippen LogP contribution in [0.3, 0.4) is 0 Å². The Morgan fingerprint density at radius 2 is 1.91 bits per heavy atom. The molecule has 1 amide bonds. The average molecular weight is 300 g/mol. The number of aromatic nitrogens is 4. The van der Waals surface area contributed by atoms with Crippen molar-refractivity contribution >= 4 is 11.9 Å². The van der Waals surface area contributed by atoms with E-state index in [-0.39, 0.29) is 11.8 Å². The third-order valence-electron chi connectivity index (χ3n) is 3.96. The Balaban J connectivity index is 1.42. The normalized spacial score (nSPS) is 16.5. The maximum absolute atomic E-state index is 12.2. The zero-order chi connectivity index (χ0) is 15.2. The van der Waals surface area contributed by atoms with Crippen molar-refractivity contribution in [1.82, 2.24) is 24.6 Å². The zero-order valence-corrected chi connectivity index (χ0v) is 12.4. The van der Waals surface area contributed by atoms with Gasteiger partial charge in [-0.2, -0.15) is 5.10 Å². The molecule has 3 heterocycles. The summed E-state index contributed by atoms with van der Waals surface area (Å²) in [5.74, 6) is 0.455. The lowest BCUT2D eigenvalue weighted by molar-refractivity contribution is -0.121. The minimum absolute atomic E-state index is 0.0259. The molecule has 1 fully saturated rings. The average Bonchev–Trinajstić information content (AvgIpc) is 3.08. The van der Waals surface area contributed by atoms with Crippen molar-refractivity contribution in [2.24, 2.45) is 5.92 Å². The second-order valence-electron chi connectivity index (χ2n) is 5.45. The van der Waals surface area contributed by atoms with Crippen molar-refractivity contribution in [2.45, 2.75) is 19.4 Å². The molecule has 0 radical (unpaired) electrons.